The molecule has 0 saturated carbocycles. The van der Waals surface area contributed by atoms with E-state index in [4.69, 9.17) is 4.74 Å². The Balaban J connectivity index is 0.00000240. The van der Waals surface area contributed by atoms with E-state index in [1.54, 1.807) is 19.2 Å². The van der Waals surface area contributed by atoms with Crippen molar-refractivity contribution in [1.82, 2.24) is 4.57 Å². The van der Waals surface area contributed by atoms with Gasteiger partial charge >= 0.3 is 6.61 Å². The van der Waals surface area contributed by atoms with Crippen LogP contribution in [0.4, 0.5) is 8.78 Å². The number of imidazole rings is 1. The Morgan fingerprint density at radius 1 is 1.00 bits per heavy atom. The molecule has 0 N–H and O–H groups in total. The average molecular weight is 465 g/mol. The van der Waals surface area contributed by atoms with E-state index in [1.165, 1.54) is 12.2 Å². The number of alkyl halides is 2. The van der Waals surface area contributed by atoms with Gasteiger partial charge in [0.05, 0.1) is 13.7 Å². The lowest BCUT2D eigenvalue weighted by Crippen LogP contribution is -3.00. The molecule has 4 rings (SSSR count). The van der Waals surface area contributed by atoms with Gasteiger partial charge in [-0.15, -0.1) is 0 Å². The maximum absolute atomic E-state index is 12.5. The van der Waals surface area contributed by atoms with Crippen molar-refractivity contribution in [2.24, 2.45) is 0 Å². The van der Waals surface area contributed by atoms with Gasteiger partial charge in [0.25, 0.3) is 5.82 Å². The molecule has 2 aromatic carbocycles. The summed E-state index contributed by atoms with van der Waals surface area (Å²) in [5.74, 6) is 2.18. The van der Waals surface area contributed by atoms with Gasteiger partial charge in [0, 0.05) is 12.0 Å². The molecule has 7 heteroatoms. The summed E-state index contributed by atoms with van der Waals surface area (Å²) in [6.07, 6.45) is 6.62. The van der Waals surface area contributed by atoms with E-state index in [9.17, 15) is 8.78 Å². The van der Waals surface area contributed by atoms with Crippen LogP contribution in [-0.2, 0) is 13.0 Å². The summed E-state index contributed by atoms with van der Waals surface area (Å²) in [4.78, 5) is 0. The number of hydrogen-bond acceptors (Lipinski definition) is 2. The number of hydrogen-bond donors (Lipinski definition) is 0. The van der Waals surface area contributed by atoms with E-state index in [-0.39, 0.29) is 22.7 Å². The molecule has 4 nitrogen and oxygen atoms in total. The predicted molar refractivity (Wildman–Crippen MR) is 102 cm³/mol. The number of halogens is 3. The molecule has 0 atom stereocenters. The van der Waals surface area contributed by atoms with E-state index in [0.29, 0.717) is 0 Å². The van der Waals surface area contributed by atoms with E-state index in [1.807, 2.05) is 36.4 Å². The number of para-hydroxylation sites is 2. The summed E-state index contributed by atoms with van der Waals surface area (Å²) in [5, 5.41) is 0. The van der Waals surface area contributed by atoms with Crippen LogP contribution in [-0.4, -0.2) is 18.3 Å². The van der Waals surface area contributed by atoms with Crippen LogP contribution in [0.25, 0.3) is 16.9 Å². The van der Waals surface area contributed by atoms with Gasteiger partial charge in [-0.1, -0.05) is 12.1 Å². The van der Waals surface area contributed by atoms with Crippen molar-refractivity contribution in [1.29, 1.82) is 0 Å². The summed E-state index contributed by atoms with van der Waals surface area (Å²) in [7, 11) is 1.67. The first-order valence-corrected chi connectivity index (χ1v) is 9.50. The number of methoxy groups -OCH3 is 1. The molecule has 3 aromatic rings. The van der Waals surface area contributed by atoms with Crippen molar-refractivity contribution in [3.63, 3.8) is 0 Å². The van der Waals surface area contributed by atoms with Crippen LogP contribution in [0.2, 0.25) is 0 Å². The summed E-state index contributed by atoms with van der Waals surface area (Å²) < 4.78 is 39.6. The number of aryl methyl sites for hydroxylation is 1. The molecular formula is C22H23BrF2N2O2. The zero-order valence-corrected chi connectivity index (χ0v) is 17.7. The highest BCUT2D eigenvalue weighted by molar-refractivity contribution is 5.64. The zero-order valence-electron chi connectivity index (χ0n) is 16.2. The normalized spacial score (nSPS) is 13.4. The monoisotopic (exact) mass is 464 g/mol. The molecule has 0 aliphatic carbocycles. The maximum Gasteiger partial charge on any atom is 0.387 e. The van der Waals surface area contributed by atoms with Crippen molar-refractivity contribution in [2.75, 3.05) is 7.11 Å². The van der Waals surface area contributed by atoms with Crippen molar-refractivity contribution < 1.29 is 39.8 Å². The van der Waals surface area contributed by atoms with Crippen molar-refractivity contribution in [3.05, 3.63) is 60.6 Å². The fourth-order valence-electron chi connectivity index (χ4n) is 3.83. The van der Waals surface area contributed by atoms with Crippen LogP contribution < -0.4 is 31.0 Å². The fourth-order valence-corrected chi connectivity index (χ4v) is 3.83. The Morgan fingerprint density at radius 3 is 2.48 bits per heavy atom. The van der Waals surface area contributed by atoms with Crippen LogP contribution in [0.1, 0.15) is 25.1 Å². The van der Waals surface area contributed by atoms with Crippen LogP contribution in [0.5, 0.6) is 11.5 Å². The molecule has 0 radical (unpaired) electrons. The number of aromatic nitrogens is 2. The second-order valence-electron chi connectivity index (χ2n) is 6.84. The van der Waals surface area contributed by atoms with Gasteiger partial charge in [0.2, 0.25) is 0 Å². The first-order chi connectivity index (χ1) is 13.7. The molecule has 1 aliphatic heterocycles. The molecule has 0 saturated heterocycles. The maximum atomic E-state index is 12.5. The quantitative estimate of drug-likeness (QED) is 0.538. The summed E-state index contributed by atoms with van der Waals surface area (Å²) >= 11 is 0. The lowest BCUT2D eigenvalue weighted by Gasteiger charge is -2.10. The SMILES string of the molecule is COc1ccccc1-n1c(-c2ccc(OC(F)F)cc2)c[n+]2c1CCCCC2.[Br-]. The average Bonchev–Trinajstić information content (AvgIpc) is 2.90. The third-order valence-electron chi connectivity index (χ3n) is 5.11. The van der Waals surface area contributed by atoms with E-state index >= 15 is 0 Å². The van der Waals surface area contributed by atoms with Gasteiger partial charge in [0.15, 0.2) is 17.1 Å². The van der Waals surface area contributed by atoms with Crippen LogP contribution in [0, 0.1) is 0 Å². The Bertz CT molecular complexity index is 958. The number of nitrogens with zero attached hydrogens (tertiary/aromatic N) is 2. The first-order valence-electron chi connectivity index (χ1n) is 9.50. The standard InChI is InChI=1S/C22H23F2N2O2.BrH/c1-27-20-8-5-4-7-18(20)26-19(15-25-14-6-2-3-9-21(25)26)16-10-12-17(13-11-16)28-22(23)24;/h4-5,7-8,10-13,15,22H,2-3,6,9,14H2,1H3;1H/q+1;/p-1. The summed E-state index contributed by atoms with van der Waals surface area (Å²) in [6, 6.07) is 14.7. The summed E-state index contributed by atoms with van der Waals surface area (Å²) in [6.45, 7) is -1.85. The van der Waals surface area contributed by atoms with Gasteiger partial charge in [-0.2, -0.15) is 13.3 Å². The highest BCUT2D eigenvalue weighted by atomic mass is 79.9. The number of rotatable bonds is 5. The molecule has 1 aliphatic rings. The van der Waals surface area contributed by atoms with Crippen molar-refractivity contribution in [2.45, 2.75) is 38.8 Å². The lowest BCUT2D eigenvalue weighted by molar-refractivity contribution is -0.702. The fraction of sp³-hybridized carbons (Fsp3) is 0.318. The second kappa shape index (κ2) is 9.39. The molecule has 0 unspecified atom stereocenters. The molecule has 0 fully saturated rings. The van der Waals surface area contributed by atoms with Crippen molar-refractivity contribution >= 4 is 0 Å². The van der Waals surface area contributed by atoms with Gasteiger partial charge in [-0.3, -0.25) is 0 Å². The number of benzene rings is 2. The molecule has 29 heavy (non-hydrogen) atoms. The zero-order chi connectivity index (χ0) is 19.5. The molecule has 0 bridgehead atoms. The Morgan fingerprint density at radius 2 is 1.76 bits per heavy atom. The largest absolute Gasteiger partial charge is 1.00 e. The van der Waals surface area contributed by atoms with Gasteiger partial charge < -0.3 is 26.5 Å². The van der Waals surface area contributed by atoms with Gasteiger partial charge in [0.1, 0.15) is 11.9 Å². The number of fused-ring (bicyclic) bond motifs is 1. The molecule has 1 aromatic heterocycles. The predicted octanol–water partition coefficient (Wildman–Crippen LogP) is 1.77. The van der Waals surface area contributed by atoms with E-state index in [0.717, 1.165) is 48.5 Å². The second-order valence-corrected chi connectivity index (χ2v) is 6.84. The van der Waals surface area contributed by atoms with Crippen molar-refractivity contribution in [3.8, 4) is 28.4 Å². The molecule has 0 amide bonds. The molecule has 0 spiro atoms. The Hall–Kier alpha value is -2.41. The molecule has 154 valence electrons. The minimum atomic E-state index is -2.82. The van der Waals surface area contributed by atoms with E-state index in [2.05, 4.69) is 20.1 Å². The van der Waals surface area contributed by atoms with Gasteiger partial charge in [-0.05, 0) is 55.7 Å². The van der Waals surface area contributed by atoms with Crippen LogP contribution in [0.15, 0.2) is 54.7 Å². The van der Waals surface area contributed by atoms with E-state index < -0.39 is 6.61 Å². The van der Waals surface area contributed by atoms with Crippen LogP contribution >= 0.6 is 0 Å². The Labute approximate surface area is 179 Å². The van der Waals surface area contributed by atoms with Gasteiger partial charge in [-0.25, -0.2) is 4.57 Å². The highest BCUT2D eigenvalue weighted by Crippen LogP contribution is 2.32. The minimum Gasteiger partial charge on any atom is -1.00 e. The van der Waals surface area contributed by atoms with Crippen LogP contribution in [0.3, 0.4) is 0 Å². The smallest absolute Gasteiger partial charge is 0.387 e. The third-order valence-corrected chi connectivity index (χ3v) is 5.11. The molecular weight excluding hydrogens is 442 g/mol. The third kappa shape index (κ3) is 4.45. The Kier molecular flexibility index (Phi) is 6.90. The highest BCUT2D eigenvalue weighted by Gasteiger charge is 2.28. The topological polar surface area (TPSA) is 27.3 Å². The lowest BCUT2D eigenvalue weighted by atomic mass is 10.1. The first kappa shape index (κ1) is 21.3. The summed E-state index contributed by atoms with van der Waals surface area (Å²) in [5.41, 5.74) is 2.92. The number of ether oxygens (including phenoxy) is 2. The minimum absolute atomic E-state index is 0. The molecule has 2 heterocycles.